The van der Waals surface area contributed by atoms with Crippen LogP contribution in [0, 0.1) is 12.3 Å². The van der Waals surface area contributed by atoms with Crippen LogP contribution < -0.4 is 10.1 Å². The number of rotatable bonds is 5. The van der Waals surface area contributed by atoms with Gasteiger partial charge in [-0.25, -0.2) is 9.97 Å². The van der Waals surface area contributed by atoms with E-state index in [1.807, 2.05) is 24.3 Å². The quantitative estimate of drug-likeness (QED) is 0.698. The molecule has 124 valence electrons. The summed E-state index contributed by atoms with van der Waals surface area (Å²) in [5, 5.41) is 13.0. The molecular formula is C19H15N3O3. The Morgan fingerprint density at radius 3 is 2.88 bits per heavy atom. The van der Waals surface area contributed by atoms with Crippen molar-refractivity contribution < 1.29 is 14.6 Å². The van der Waals surface area contributed by atoms with Gasteiger partial charge in [0, 0.05) is 28.3 Å². The first-order valence-corrected chi connectivity index (χ1v) is 7.48. The molecule has 0 saturated heterocycles. The number of carboxylic acid groups (broad SMARTS) is 1. The number of carbonyl (C=O) groups is 1. The lowest BCUT2D eigenvalue weighted by molar-refractivity contribution is -0.136. The van der Waals surface area contributed by atoms with Crippen molar-refractivity contribution in [2.45, 2.75) is 6.42 Å². The fourth-order valence-corrected chi connectivity index (χ4v) is 2.54. The first kappa shape index (κ1) is 16.3. The predicted octanol–water partition coefficient (Wildman–Crippen LogP) is 2.99. The maximum absolute atomic E-state index is 11.1. The molecule has 1 aromatic heterocycles. The van der Waals surface area contributed by atoms with Gasteiger partial charge in [-0.05, 0) is 24.3 Å². The molecule has 2 N–H and O–H groups in total. The molecule has 0 atom stereocenters. The zero-order valence-corrected chi connectivity index (χ0v) is 13.5. The third kappa shape index (κ3) is 3.51. The molecule has 0 amide bonds. The van der Waals surface area contributed by atoms with Crippen LogP contribution in [0.1, 0.15) is 11.1 Å². The summed E-state index contributed by atoms with van der Waals surface area (Å²) in [5.74, 6) is 2.69. The summed E-state index contributed by atoms with van der Waals surface area (Å²) in [5.41, 5.74) is 2.73. The van der Waals surface area contributed by atoms with Crippen molar-refractivity contribution >= 4 is 28.4 Å². The molecular weight excluding hydrogens is 318 g/mol. The van der Waals surface area contributed by atoms with Crippen molar-refractivity contribution in [2.75, 3.05) is 12.4 Å². The van der Waals surface area contributed by atoms with Gasteiger partial charge in [0.1, 0.15) is 17.9 Å². The summed E-state index contributed by atoms with van der Waals surface area (Å²) in [4.78, 5) is 19.6. The maximum Gasteiger partial charge on any atom is 0.307 e. The van der Waals surface area contributed by atoms with Gasteiger partial charge >= 0.3 is 5.97 Å². The van der Waals surface area contributed by atoms with Gasteiger partial charge in [0.05, 0.1) is 19.0 Å². The molecule has 6 heteroatoms. The van der Waals surface area contributed by atoms with E-state index in [9.17, 15) is 4.79 Å². The number of terminal acetylenes is 1. The van der Waals surface area contributed by atoms with Crippen LogP contribution in [0.5, 0.6) is 5.75 Å². The normalized spacial score (nSPS) is 10.2. The molecule has 0 aliphatic heterocycles. The lowest BCUT2D eigenvalue weighted by atomic mass is 10.1. The molecule has 0 fully saturated rings. The van der Waals surface area contributed by atoms with Crippen LogP contribution in [0.15, 0.2) is 42.7 Å². The van der Waals surface area contributed by atoms with Crippen LogP contribution in [0.3, 0.4) is 0 Å². The molecule has 0 saturated carbocycles. The van der Waals surface area contributed by atoms with Crippen molar-refractivity contribution in [3.05, 3.63) is 53.9 Å². The minimum atomic E-state index is -0.939. The van der Waals surface area contributed by atoms with Gasteiger partial charge in [-0.2, -0.15) is 0 Å². The second-order valence-electron chi connectivity index (χ2n) is 5.32. The van der Waals surface area contributed by atoms with Gasteiger partial charge in [0.2, 0.25) is 0 Å². The summed E-state index contributed by atoms with van der Waals surface area (Å²) in [6.45, 7) is 0. The number of fused-ring (bicyclic) bond motifs is 1. The van der Waals surface area contributed by atoms with Crippen molar-refractivity contribution in [1.82, 2.24) is 9.97 Å². The summed E-state index contributed by atoms with van der Waals surface area (Å²) < 4.78 is 5.28. The Morgan fingerprint density at radius 2 is 2.16 bits per heavy atom. The third-order valence-corrected chi connectivity index (χ3v) is 3.67. The maximum atomic E-state index is 11.1. The van der Waals surface area contributed by atoms with Crippen molar-refractivity contribution in [2.24, 2.45) is 0 Å². The minimum absolute atomic E-state index is 0.153. The zero-order chi connectivity index (χ0) is 17.8. The van der Waals surface area contributed by atoms with E-state index >= 15 is 0 Å². The Balaban J connectivity index is 2.08. The highest BCUT2D eigenvalue weighted by molar-refractivity contribution is 5.93. The van der Waals surface area contributed by atoms with E-state index in [4.69, 9.17) is 16.3 Å². The van der Waals surface area contributed by atoms with Crippen LogP contribution in [-0.4, -0.2) is 28.2 Å². The number of aromatic nitrogens is 2. The highest BCUT2D eigenvalue weighted by Crippen LogP contribution is 2.30. The van der Waals surface area contributed by atoms with Crippen LogP contribution in [0.2, 0.25) is 0 Å². The SMILES string of the molecule is C#Cc1cccc(Nc2ncnc3cc(OC)c(CC(=O)O)cc23)c1. The van der Waals surface area contributed by atoms with Gasteiger partial charge in [0.15, 0.2) is 0 Å². The van der Waals surface area contributed by atoms with Gasteiger partial charge in [-0.3, -0.25) is 4.79 Å². The minimum Gasteiger partial charge on any atom is -0.496 e. The van der Waals surface area contributed by atoms with Crippen molar-refractivity contribution in [3.8, 4) is 18.1 Å². The van der Waals surface area contributed by atoms with Crippen molar-refractivity contribution in [3.63, 3.8) is 0 Å². The number of aliphatic carboxylic acids is 1. The number of hydrogen-bond acceptors (Lipinski definition) is 5. The monoisotopic (exact) mass is 333 g/mol. The zero-order valence-electron chi connectivity index (χ0n) is 13.5. The summed E-state index contributed by atoms with van der Waals surface area (Å²) >= 11 is 0. The Labute approximate surface area is 144 Å². The smallest absolute Gasteiger partial charge is 0.307 e. The molecule has 3 aromatic rings. The molecule has 0 aliphatic rings. The number of nitrogens with one attached hydrogen (secondary N) is 1. The standard InChI is InChI=1S/C19H15N3O3/c1-3-12-5-4-6-14(7-12)22-19-15-8-13(9-18(23)24)17(25-2)10-16(15)20-11-21-19/h1,4-8,10-11H,9H2,2H3,(H,23,24)(H,20,21,22). The number of carboxylic acids is 1. The average molecular weight is 333 g/mol. The van der Waals surface area contributed by atoms with Crippen LogP contribution in [0.4, 0.5) is 11.5 Å². The molecule has 0 spiro atoms. The molecule has 6 nitrogen and oxygen atoms in total. The second-order valence-corrected chi connectivity index (χ2v) is 5.32. The van der Waals surface area contributed by atoms with Crippen LogP contribution >= 0.6 is 0 Å². The first-order chi connectivity index (χ1) is 12.1. The van der Waals surface area contributed by atoms with E-state index in [2.05, 4.69) is 21.2 Å². The van der Waals surface area contributed by atoms with E-state index in [0.717, 1.165) is 11.3 Å². The fraction of sp³-hybridized carbons (Fsp3) is 0.105. The molecule has 0 aliphatic carbocycles. The lowest BCUT2D eigenvalue weighted by Crippen LogP contribution is -2.04. The molecule has 1 heterocycles. The Bertz CT molecular complexity index is 993. The van der Waals surface area contributed by atoms with E-state index in [0.29, 0.717) is 28.0 Å². The Kier molecular flexibility index (Phi) is 4.48. The summed E-state index contributed by atoms with van der Waals surface area (Å²) in [7, 11) is 1.50. The second kappa shape index (κ2) is 6.89. The van der Waals surface area contributed by atoms with Gasteiger partial charge < -0.3 is 15.2 Å². The highest BCUT2D eigenvalue weighted by atomic mass is 16.5. The number of hydrogen-bond donors (Lipinski definition) is 2. The summed E-state index contributed by atoms with van der Waals surface area (Å²) in [6.07, 6.45) is 6.71. The predicted molar refractivity (Wildman–Crippen MR) is 95.1 cm³/mol. The number of nitrogens with zero attached hydrogens (tertiary/aromatic N) is 2. The molecule has 0 radical (unpaired) electrons. The molecule has 0 unspecified atom stereocenters. The number of ether oxygens (including phenoxy) is 1. The van der Waals surface area contributed by atoms with Gasteiger partial charge in [-0.15, -0.1) is 6.42 Å². The number of anilines is 2. The average Bonchev–Trinajstić information content (AvgIpc) is 2.61. The first-order valence-electron chi connectivity index (χ1n) is 7.48. The lowest BCUT2D eigenvalue weighted by Gasteiger charge is -2.12. The number of benzene rings is 2. The largest absolute Gasteiger partial charge is 0.496 e. The van der Waals surface area contributed by atoms with Gasteiger partial charge in [-0.1, -0.05) is 12.0 Å². The third-order valence-electron chi connectivity index (χ3n) is 3.67. The number of methoxy groups -OCH3 is 1. The topological polar surface area (TPSA) is 84.3 Å². The van der Waals surface area contributed by atoms with Crippen LogP contribution in [0.25, 0.3) is 10.9 Å². The van der Waals surface area contributed by atoms with E-state index in [1.165, 1.54) is 13.4 Å². The van der Waals surface area contributed by atoms with E-state index in [1.54, 1.807) is 12.1 Å². The summed E-state index contributed by atoms with van der Waals surface area (Å²) in [6, 6.07) is 10.8. The molecule has 2 aromatic carbocycles. The Hall–Kier alpha value is -3.59. The van der Waals surface area contributed by atoms with Gasteiger partial charge in [0.25, 0.3) is 0 Å². The van der Waals surface area contributed by atoms with Crippen LogP contribution in [-0.2, 0) is 11.2 Å². The molecule has 0 bridgehead atoms. The highest BCUT2D eigenvalue weighted by Gasteiger charge is 2.13. The van der Waals surface area contributed by atoms with Crippen molar-refractivity contribution in [1.29, 1.82) is 0 Å². The van der Waals surface area contributed by atoms with E-state index < -0.39 is 5.97 Å². The van der Waals surface area contributed by atoms with E-state index in [-0.39, 0.29) is 6.42 Å². The fourth-order valence-electron chi connectivity index (χ4n) is 2.54. The Morgan fingerprint density at radius 1 is 1.32 bits per heavy atom. The molecule has 3 rings (SSSR count). The molecule has 25 heavy (non-hydrogen) atoms.